The summed E-state index contributed by atoms with van der Waals surface area (Å²) in [6.07, 6.45) is 32.6. The van der Waals surface area contributed by atoms with Crippen LogP contribution >= 0.6 is 23.2 Å². The number of carbonyl (C=O) groups is 6. The van der Waals surface area contributed by atoms with Crippen LogP contribution in [0.1, 0.15) is 222 Å². The van der Waals surface area contributed by atoms with Crippen molar-refractivity contribution in [3.8, 4) is 39.6 Å². The summed E-state index contributed by atoms with van der Waals surface area (Å²) < 4.78 is 16.5. The monoisotopic (exact) mass is 1840 g/mol. The summed E-state index contributed by atoms with van der Waals surface area (Å²) in [6.45, 7) is 5.84. The Morgan fingerprint density at radius 3 is 1.50 bits per heavy atom. The number of pyridine rings is 2. The van der Waals surface area contributed by atoms with Crippen LogP contribution in [0.15, 0.2) is 196 Å². The first kappa shape index (κ1) is 96.1. The van der Waals surface area contributed by atoms with Gasteiger partial charge in [-0.15, -0.1) is 0 Å². The molecule has 6 saturated carbocycles. The number of carbonyl (C=O) groups excluding carboxylic acids is 6. The molecule has 8 aromatic rings. The molecule has 26 nitrogen and oxygen atoms in total. The number of rotatable bonds is 31. The van der Waals surface area contributed by atoms with Gasteiger partial charge < -0.3 is 53.1 Å². The Labute approximate surface area is 792 Å². The molecule has 6 aliphatic carbocycles. The standard InChI is InChI=1S/C31H41N5O3.C29H41N5O2.C23H26ClN3O2.C22H23ClN4O2/c1-36-29(38)31(35-30(36)32,18-17-22-9-4-2-5-10-22)20-23-11-8-12-25(19-23)34-28(37)24-15-16-27(33-21-24)39-26-13-6-3-7-14-26;1-34-27(35)29(33-28(34)30,16-15-20-7-4-3-5-8-20)19-21-9-6-10-23(17-21)31-26-14-11-22-18-24(36-2)12-13-25(22)32-26;1-2-29-13-5-12-27-21(28)23(18-10-11-18,26-22(27)25)19-8-3-6-16(14-19)17-7-4-9-20(24)15-17;1-14(28)25-10-11-27-20(29)22(17-8-9-17,26-21(27)24)18-6-2-4-15(12-18)16-5-3-7-19(23)13-16/h3,6-7,13-16,21-23,25H,2,4-5,8-12,17-20H2,1H3,(H2,32,35)(H,34,37);11-14,18,20-21,23H,3-10,15-17,19H2,1-2H3,(H2,30,33)(H,31,32);3-4,6-9,14-15,18H,2,5,10-13H2,1H3,(H2,25,26);2-7,12-13,17H,8-11H2,1H3,(H2,24,26)(H,25,28)/t23-,25+,31+;21-,23+,29+;;/m00../s1. The highest BCUT2D eigenvalue weighted by Gasteiger charge is 2.60. The van der Waals surface area contributed by atoms with E-state index in [1.807, 2.05) is 146 Å². The third kappa shape index (κ3) is 23.1. The van der Waals surface area contributed by atoms with Gasteiger partial charge in [-0.25, -0.2) is 29.9 Å². The minimum atomic E-state index is -0.991. The SMILES string of the molecule is CC(=O)NCCN1C(=O)C(c2cccc(-c3cccc(Cl)c3)c2)(C2CC2)N=C1N.CCOCCCN1C(=O)C(c2cccc(-c3cccc(Cl)c3)c2)(C2CC2)N=C1N.CN1C(=O)[C@@](CCC2CCCCC2)(C[C@H]2CCC[C@@H](NC(=O)c3ccc(Oc4ccccc4)nc3)C2)N=C1N.COc1ccc2nc(N[C@@H]3CCC[C@H](C[C@@]4(CCC5CCCCC5)N=C(N)N(C)C4=O)C3)ccc2c1. The number of halogens is 2. The molecule has 2 aromatic heterocycles. The Balaban J connectivity index is 0.000000136. The molecule has 0 radical (unpaired) electrons. The van der Waals surface area contributed by atoms with Crippen LogP contribution in [0.3, 0.4) is 0 Å². The van der Waals surface area contributed by atoms with Gasteiger partial charge in [-0.3, -0.25) is 48.4 Å². The molecule has 6 amide bonds. The normalized spacial score (nSPS) is 24.3. The Bertz CT molecular complexity index is 5570. The molecule has 6 heterocycles. The minimum absolute atomic E-state index is 0.0164. The van der Waals surface area contributed by atoms with Gasteiger partial charge in [0.25, 0.3) is 29.5 Å². The van der Waals surface area contributed by atoms with E-state index in [1.54, 1.807) is 49.3 Å². The summed E-state index contributed by atoms with van der Waals surface area (Å²) in [5.41, 5.74) is 28.6. The third-order valence-electron chi connectivity index (χ3n) is 28.6. The average molecular weight is 1850 g/mol. The van der Waals surface area contributed by atoms with E-state index in [1.165, 1.54) is 80.9 Å². The van der Waals surface area contributed by atoms with Crippen molar-refractivity contribution in [1.82, 2.24) is 40.2 Å². The van der Waals surface area contributed by atoms with Gasteiger partial charge in [-0.2, -0.15) is 0 Å². The van der Waals surface area contributed by atoms with Crippen LogP contribution in [0.5, 0.6) is 17.4 Å². The van der Waals surface area contributed by atoms with E-state index in [4.69, 9.17) is 85.3 Å². The van der Waals surface area contributed by atoms with Crippen molar-refractivity contribution in [1.29, 1.82) is 0 Å². The highest BCUT2D eigenvalue weighted by molar-refractivity contribution is 6.31. The van der Waals surface area contributed by atoms with E-state index in [9.17, 15) is 28.8 Å². The molecule has 2 unspecified atom stereocenters. The number of nitrogens with one attached hydrogen (secondary N) is 3. The lowest BCUT2D eigenvalue weighted by Crippen LogP contribution is -2.46. The number of aliphatic imine (C=N–C) groups is 4. The van der Waals surface area contributed by atoms with Crippen molar-refractivity contribution in [3.63, 3.8) is 0 Å². The molecular weight excluding hydrogens is 1710 g/mol. The molecule has 6 aromatic carbocycles. The Hall–Kier alpha value is -11.5. The molecule has 10 aliphatic rings. The zero-order chi connectivity index (χ0) is 93.4. The molecule has 28 heteroatoms. The molecule has 704 valence electrons. The molecule has 0 spiro atoms. The fourth-order valence-corrected chi connectivity index (χ4v) is 21.7. The number of nitrogens with two attached hydrogens (primary N) is 4. The number of hydrogen-bond acceptors (Lipinski definition) is 20. The van der Waals surface area contributed by atoms with Crippen LogP contribution in [0.25, 0.3) is 33.2 Å². The van der Waals surface area contributed by atoms with Gasteiger partial charge in [-0.1, -0.05) is 192 Å². The predicted octanol–water partition coefficient (Wildman–Crippen LogP) is 18.0. The Morgan fingerprint density at radius 2 is 1.02 bits per heavy atom. The summed E-state index contributed by atoms with van der Waals surface area (Å²) in [5, 5.41) is 12.0. The highest BCUT2D eigenvalue weighted by Crippen LogP contribution is 2.54. The number of fused-ring (bicyclic) bond motifs is 1. The number of para-hydroxylation sites is 1. The number of hydrogen-bond donors (Lipinski definition) is 7. The number of likely N-dealkylation sites (N-methyl/N-ethyl adjacent to an activating group) is 2. The summed E-state index contributed by atoms with van der Waals surface area (Å²) in [5.74, 6) is 6.33. The minimum Gasteiger partial charge on any atom is -0.497 e. The number of aromatic nitrogens is 2. The van der Waals surface area contributed by atoms with E-state index in [0.29, 0.717) is 108 Å². The van der Waals surface area contributed by atoms with E-state index in [2.05, 4.69) is 39.1 Å². The first-order valence-electron chi connectivity index (χ1n) is 48.2. The number of methoxy groups -OCH3 is 1. The van der Waals surface area contributed by atoms with Crippen LogP contribution in [0.4, 0.5) is 5.82 Å². The number of nitrogens with zero attached hydrogens (tertiary/aromatic N) is 10. The zero-order valence-corrected chi connectivity index (χ0v) is 79.1. The van der Waals surface area contributed by atoms with Gasteiger partial charge in [0.1, 0.15) is 28.4 Å². The quantitative estimate of drug-likeness (QED) is 0.0198. The summed E-state index contributed by atoms with van der Waals surface area (Å²) in [7, 11) is 5.19. The van der Waals surface area contributed by atoms with Crippen molar-refractivity contribution in [2.45, 2.75) is 234 Å². The molecule has 6 fully saturated rings. The summed E-state index contributed by atoms with van der Waals surface area (Å²) >= 11 is 12.3. The lowest BCUT2D eigenvalue weighted by Gasteiger charge is -2.35. The molecule has 0 saturated heterocycles. The molecule has 0 bridgehead atoms. The van der Waals surface area contributed by atoms with Crippen LogP contribution in [-0.2, 0) is 39.8 Å². The van der Waals surface area contributed by atoms with Crippen molar-refractivity contribution in [2.75, 3.05) is 59.4 Å². The summed E-state index contributed by atoms with van der Waals surface area (Å²) in [6, 6.07) is 54.7. The highest BCUT2D eigenvalue weighted by atomic mass is 35.5. The van der Waals surface area contributed by atoms with Gasteiger partial charge >= 0.3 is 0 Å². The molecule has 8 atom stereocenters. The lowest BCUT2D eigenvalue weighted by molar-refractivity contribution is -0.133. The maximum Gasteiger partial charge on any atom is 0.262 e. The van der Waals surface area contributed by atoms with Crippen LogP contribution in [0, 0.1) is 35.5 Å². The van der Waals surface area contributed by atoms with E-state index in [-0.39, 0.29) is 59.3 Å². The average Bonchev–Trinajstić information content (AvgIpc) is 1.57. The largest absolute Gasteiger partial charge is 0.497 e. The number of guanidine groups is 4. The molecular formula is C105H131Cl2N17O9. The lowest BCUT2D eigenvalue weighted by atomic mass is 9.74. The van der Waals surface area contributed by atoms with Crippen molar-refractivity contribution < 1.29 is 43.0 Å². The molecule has 11 N–H and O–H groups in total. The van der Waals surface area contributed by atoms with E-state index >= 15 is 0 Å². The van der Waals surface area contributed by atoms with Crippen LogP contribution in [0.2, 0.25) is 10.0 Å². The maximum atomic E-state index is 13.6. The van der Waals surface area contributed by atoms with Gasteiger partial charge in [0.05, 0.1) is 18.2 Å². The van der Waals surface area contributed by atoms with E-state index < -0.39 is 22.2 Å². The summed E-state index contributed by atoms with van der Waals surface area (Å²) in [4.78, 5) is 113. The van der Waals surface area contributed by atoms with Gasteiger partial charge in [0.2, 0.25) is 11.8 Å². The third-order valence-corrected chi connectivity index (χ3v) is 29.1. The first-order valence-corrected chi connectivity index (χ1v) is 49.0. The second-order valence-electron chi connectivity index (χ2n) is 38.0. The Kier molecular flexibility index (Phi) is 31.6. The number of benzene rings is 6. The molecule has 4 aliphatic heterocycles. The van der Waals surface area contributed by atoms with Crippen LogP contribution < -0.4 is 48.4 Å². The number of amides is 6. The van der Waals surface area contributed by atoms with Crippen molar-refractivity contribution >= 4 is 99.2 Å². The smallest absolute Gasteiger partial charge is 0.262 e. The number of anilines is 1. The number of ether oxygens (including phenoxy) is 3. The second-order valence-corrected chi connectivity index (χ2v) is 38.9. The first-order chi connectivity index (χ1) is 64.3. The van der Waals surface area contributed by atoms with Crippen molar-refractivity contribution in [3.05, 3.63) is 203 Å². The maximum absolute atomic E-state index is 13.6. The Morgan fingerprint density at radius 1 is 0.504 bits per heavy atom. The van der Waals surface area contributed by atoms with Crippen LogP contribution in [-0.4, -0.2) is 166 Å². The zero-order valence-electron chi connectivity index (χ0n) is 77.6. The second kappa shape index (κ2) is 43.7. The van der Waals surface area contributed by atoms with E-state index in [0.717, 1.165) is 177 Å². The fourth-order valence-electron chi connectivity index (χ4n) is 21.3. The topological polar surface area (TPSA) is 358 Å². The van der Waals surface area contributed by atoms with Gasteiger partial charge in [0, 0.05) is 93.6 Å². The van der Waals surface area contributed by atoms with Gasteiger partial charge in [0.15, 0.2) is 34.9 Å². The van der Waals surface area contributed by atoms with Gasteiger partial charge in [-0.05, 0) is 257 Å². The molecule has 133 heavy (non-hydrogen) atoms. The predicted molar refractivity (Wildman–Crippen MR) is 526 cm³/mol. The molecule has 18 rings (SSSR count). The van der Waals surface area contributed by atoms with Crippen molar-refractivity contribution in [2.24, 2.45) is 78.4 Å². The fraction of sp³-hybridized carbons (Fsp3) is 0.486.